The van der Waals surface area contributed by atoms with Gasteiger partial charge in [0.25, 0.3) is 5.56 Å². The van der Waals surface area contributed by atoms with E-state index in [1.165, 1.54) is 15.9 Å². The zero-order chi connectivity index (χ0) is 30.1. The number of aromatic nitrogens is 1. The van der Waals surface area contributed by atoms with Gasteiger partial charge in [-0.25, -0.2) is 9.79 Å². The van der Waals surface area contributed by atoms with Gasteiger partial charge in [-0.05, 0) is 61.4 Å². The molecule has 0 spiro atoms. The molecule has 0 bridgehead atoms. The molecule has 3 heterocycles. The van der Waals surface area contributed by atoms with Gasteiger partial charge in [0.2, 0.25) is 6.79 Å². The van der Waals surface area contributed by atoms with Crippen LogP contribution in [0.3, 0.4) is 0 Å². The summed E-state index contributed by atoms with van der Waals surface area (Å²) in [4.78, 5) is 32.2. The average Bonchev–Trinajstić information content (AvgIpc) is 3.59. The van der Waals surface area contributed by atoms with E-state index in [0.29, 0.717) is 54.2 Å². The highest BCUT2D eigenvalue weighted by molar-refractivity contribution is 7.07. The Morgan fingerprint density at radius 3 is 2.72 bits per heavy atom. The summed E-state index contributed by atoms with van der Waals surface area (Å²) in [6.45, 7) is 4.05. The SMILES string of the molecule is CCOC(=O)C1=C(C)N=c2sc(=Cc3ccc(OCc4ccccc4Cl)c(OC)c3)c(=O)n2[C@@H]1c1ccc2c(c1)OCO2. The Bertz CT molecular complexity index is 1950. The highest BCUT2D eigenvalue weighted by Crippen LogP contribution is 2.38. The van der Waals surface area contributed by atoms with Crippen molar-refractivity contribution in [2.75, 3.05) is 20.5 Å². The first-order valence-electron chi connectivity index (χ1n) is 13.5. The summed E-state index contributed by atoms with van der Waals surface area (Å²) >= 11 is 7.51. The quantitative estimate of drug-likeness (QED) is 0.263. The van der Waals surface area contributed by atoms with Crippen molar-refractivity contribution in [3.05, 3.63) is 113 Å². The molecule has 11 heteroatoms. The third-order valence-corrected chi connectivity index (χ3v) is 8.41. The molecule has 3 aromatic carbocycles. The fourth-order valence-corrected chi connectivity index (χ4v) is 6.24. The largest absolute Gasteiger partial charge is 0.493 e. The Kier molecular flexibility index (Phi) is 7.96. The second kappa shape index (κ2) is 12.0. The molecule has 0 unspecified atom stereocenters. The number of thiazole rings is 1. The van der Waals surface area contributed by atoms with Crippen LogP contribution in [0.5, 0.6) is 23.0 Å². The molecule has 4 aromatic rings. The number of allylic oxidation sites excluding steroid dienone is 1. The van der Waals surface area contributed by atoms with Gasteiger partial charge in [-0.15, -0.1) is 0 Å². The number of benzene rings is 3. The smallest absolute Gasteiger partial charge is 0.338 e. The summed E-state index contributed by atoms with van der Waals surface area (Å²) in [5, 5.41) is 0.619. The van der Waals surface area contributed by atoms with Crippen LogP contribution in [0.15, 0.2) is 81.7 Å². The number of methoxy groups -OCH3 is 1. The van der Waals surface area contributed by atoms with Gasteiger partial charge in [0.1, 0.15) is 6.61 Å². The van der Waals surface area contributed by atoms with Crippen molar-refractivity contribution >= 4 is 35.0 Å². The minimum atomic E-state index is -0.762. The first kappa shape index (κ1) is 28.6. The molecule has 2 aliphatic rings. The van der Waals surface area contributed by atoms with Gasteiger partial charge in [-0.2, -0.15) is 0 Å². The number of nitrogens with zero attached hydrogens (tertiary/aromatic N) is 2. The van der Waals surface area contributed by atoms with E-state index < -0.39 is 12.0 Å². The van der Waals surface area contributed by atoms with Crippen LogP contribution < -0.4 is 33.8 Å². The summed E-state index contributed by atoms with van der Waals surface area (Å²) in [5.74, 6) is 1.66. The third-order valence-electron chi connectivity index (χ3n) is 7.06. The Morgan fingerprint density at radius 1 is 1.12 bits per heavy atom. The molecule has 1 aromatic heterocycles. The maximum absolute atomic E-state index is 14.0. The van der Waals surface area contributed by atoms with Gasteiger partial charge in [0.05, 0.1) is 35.6 Å². The molecular weight excluding hydrogens is 592 g/mol. The minimum absolute atomic E-state index is 0.106. The van der Waals surface area contributed by atoms with E-state index in [4.69, 9.17) is 35.3 Å². The molecule has 0 fully saturated rings. The van der Waals surface area contributed by atoms with E-state index in [0.717, 1.165) is 11.1 Å². The normalized spacial score (nSPS) is 15.6. The molecular formula is C32H27ClN2O7S. The summed E-state index contributed by atoms with van der Waals surface area (Å²) < 4.78 is 30.0. The molecule has 220 valence electrons. The molecule has 1 atom stereocenters. The minimum Gasteiger partial charge on any atom is -0.493 e. The van der Waals surface area contributed by atoms with E-state index in [1.807, 2.05) is 36.4 Å². The number of rotatable bonds is 8. The lowest BCUT2D eigenvalue weighted by atomic mass is 9.95. The highest BCUT2D eigenvalue weighted by atomic mass is 35.5. The molecule has 0 radical (unpaired) electrons. The summed E-state index contributed by atoms with van der Waals surface area (Å²) in [7, 11) is 1.56. The zero-order valence-electron chi connectivity index (χ0n) is 23.6. The standard InChI is InChI=1S/C32H27ClN2O7S/c1-4-39-31(37)28-18(2)34-32-35(29(28)20-10-12-24-26(15-20)42-17-41-24)30(36)27(43-32)14-19-9-11-23(25(13-19)38-3)40-16-21-7-5-6-8-22(21)33/h5-15,29H,4,16-17H2,1-3H3/t29-/m1/s1. The Labute approximate surface area is 255 Å². The number of fused-ring (bicyclic) bond motifs is 2. The van der Waals surface area contributed by atoms with Crippen LogP contribution in [0.1, 0.15) is 36.6 Å². The van der Waals surface area contributed by atoms with Crippen molar-refractivity contribution < 1.29 is 28.5 Å². The van der Waals surface area contributed by atoms with E-state index in [9.17, 15) is 9.59 Å². The molecule has 0 saturated carbocycles. The van der Waals surface area contributed by atoms with Crippen molar-refractivity contribution in [3.8, 4) is 23.0 Å². The van der Waals surface area contributed by atoms with E-state index >= 15 is 0 Å². The second-order valence-corrected chi connectivity index (χ2v) is 11.1. The maximum Gasteiger partial charge on any atom is 0.338 e. The lowest BCUT2D eigenvalue weighted by Crippen LogP contribution is -2.39. The number of carbonyl (C=O) groups is 1. The van der Waals surface area contributed by atoms with Crippen LogP contribution in [0.4, 0.5) is 0 Å². The lowest BCUT2D eigenvalue weighted by molar-refractivity contribution is -0.139. The first-order chi connectivity index (χ1) is 20.9. The van der Waals surface area contributed by atoms with Crippen LogP contribution in [-0.2, 0) is 16.1 Å². The van der Waals surface area contributed by atoms with Crippen molar-refractivity contribution in [2.45, 2.75) is 26.5 Å². The van der Waals surface area contributed by atoms with Gasteiger partial charge in [-0.3, -0.25) is 9.36 Å². The summed E-state index contributed by atoms with van der Waals surface area (Å²) in [6.07, 6.45) is 1.77. The van der Waals surface area contributed by atoms with Gasteiger partial charge in [-0.1, -0.05) is 53.3 Å². The van der Waals surface area contributed by atoms with Crippen LogP contribution in [0, 0.1) is 0 Å². The summed E-state index contributed by atoms with van der Waals surface area (Å²) in [5.41, 5.74) is 2.74. The first-order valence-corrected chi connectivity index (χ1v) is 14.7. The third kappa shape index (κ3) is 5.51. The number of esters is 1. The number of hydrogen-bond donors (Lipinski definition) is 0. The fraction of sp³-hybridized carbons (Fsp3) is 0.219. The number of hydrogen-bond acceptors (Lipinski definition) is 9. The molecule has 6 rings (SSSR count). The fourth-order valence-electron chi connectivity index (χ4n) is 5.01. The van der Waals surface area contributed by atoms with Gasteiger partial charge in [0, 0.05) is 10.6 Å². The van der Waals surface area contributed by atoms with Crippen molar-refractivity contribution in [3.63, 3.8) is 0 Å². The molecule has 9 nitrogen and oxygen atoms in total. The van der Waals surface area contributed by atoms with E-state index in [1.54, 1.807) is 51.3 Å². The van der Waals surface area contributed by atoms with E-state index in [2.05, 4.69) is 4.99 Å². The molecule has 0 N–H and O–H groups in total. The van der Waals surface area contributed by atoms with Crippen LogP contribution >= 0.6 is 22.9 Å². The molecule has 2 aliphatic heterocycles. The van der Waals surface area contributed by atoms with Gasteiger partial charge < -0.3 is 23.7 Å². The molecule has 0 aliphatic carbocycles. The molecule has 0 saturated heterocycles. The zero-order valence-corrected chi connectivity index (χ0v) is 25.2. The second-order valence-electron chi connectivity index (χ2n) is 9.71. The number of halogens is 1. The molecule has 43 heavy (non-hydrogen) atoms. The van der Waals surface area contributed by atoms with Crippen molar-refractivity contribution in [1.29, 1.82) is 0 Å². The Balaban J connectivity index is 1.40. The van der Waals surface area contributed by atoms with Crippen LogP contribution in [-0.4, -0.2) is 31.0 Å². The van der Waals surface area contributed by atoms with Crippen molar-refractivity contribution in [2.24, 2.45) is 4.99 Å². The van der Waals surface area contributed by atoms with E-state index in [-0.39, 0.29) is 25.6 Å². The molecule has 0 amide bonds. The van der Waals surface area contributed by atoms with Crippen LogP contribution in [0.25, 0.3) is 6.08 Å². The highest BCUT2D eigenvalue weighted by Gasteiger charge is 2.34. The lowest BCUT2D eigenvalue weighted by Gasteiger charge is -2.24. The Morgan fingerprint density at radius 2 is 1.93 bits per heavy atom. The predicted octanol–water partition coefficient (Wildman–Crippen LogP) is 4.77. The van der Waals surface area contributed by atoms with Crippen molar-refractivity contribution in [1.82, 2.24) is 4.57 Å². The number of carbonyl (C=O) groups excluding carboxylic acids is 1. The van der Waals surface area contributed by atoms with Gasteiger partial charge in [0.15, 0.2) is 27.8 Å². The maximum atomic E-state index is 14.0. The Hall–Kier alpha value is -4.54. The van der Waals surface area contributed by atoms with Crippen LogP contribution in [0.2, 0.25) is 5.02 Å². The monoisotopic (exact) mass is 618 g/mol. The van der Waals surface area contributed by atoms with Gasteiger partial charge >= 0.3 is 5.97 Å². The topological polar surface area (TPSA) is 97.6 Å². The predicted molar refractivity (Wildman–Crippen MR) is 162 cm³/mol. The average molecular weight is 619 g/mol. The number of ether oxygens (including phenoxy) is 5. The summed E-state index contributed by atoms with van der Waals surface area (Å²) in [6, 6.07) is 17.5.